The molecule has 0 unspecified atom stereocenters. The number of piperazine rings is 1. The number of benzene rings is 1. The molecule has 0 amide bonds. The minimum absolute atomic E-state index is 0.512. The fraction of sp³-hybridized carbons (Fsp3) is 0.467. The highest BCUT2D eigenvalue weighted by Gasteiger charge is 2.16. The summed E-state index contributed by atoms with van der Waals surface area (Å²) in [7, 11) is 1.58. The van der Waals surface area contributed by atoms with Crippen LogP contribution in [0.2, 0.25) is 0 Å². The summed E-state index contributed by atoms with van der Waals surface area (Å²) < 4.78 is 5.23. The molecule has 1 aliphatic heterocycles. The molecule has 1 saturated heterocycles. The average molecular weight is 270 g/mol. The normalized spacial score (nSPS) is 16.4. The third-order valence-electron chi connectivity index (χ3n) is 3.55. The van der Waals surface area contributed by atoms with E-state index in [0.29, 0.717) is 17.9 Å². The van der Waals surface area contributed by atoms with Crippen LogP contribution in [0, 0.1) is 22.7 Å². The Morgan fingerprint density at radius 3 is 2.45 bits per heavy atom. The molecule has 1 aromatic rings. The molecule has 5 nitrogen and oxygen atoms in total. The second-order valence-corrected chi connectivity index (χ2v) is 4.86. The lowest BCUT2D eigenvalue weighted by Gasteiger charge is -2.33. The average Bonchev–Trinajstić information content (AvgIpc) is 2.49. The van der Waals surface area contributed by atoms with Crippen LogP contribution in [-0.4, -0.2) is 49.6 Å². The summed E-state index contributed by atoms with van der Waals surface area (Å²) in [6.45, 7) is 5.15. The number of rotatable bonds is 4. The van der Waals surface area contributed by atoms with E-state index >= 15 is 0 Å². The van der Waals surface area contributed by atoms with Gasteiger partial charge in [0.1, 0.15) is 11.8 Å². The molecule has 1 aromatic carbocycles. The summed E-state index contributed by atoms with van der Waals surface area (Å²) >= 11 is 0. The van der Waals surface area contributed by atoms with Gasteiger partial charge in [-0.2, -0.15) is 10.5 Å². The quantitative estimate of drug-likeness (QED) is 0.769. The van der Waals surface area contributed by atoms with Crippen LogP contribution in [0.25, 0.3) is 0 Å². The molecule has 104 valence electrons. The van der Waals surface area contributed by atoms with Crippen molar-refractivity contribution in [1.82, 2.24) is 9.80 Å². The van der Waals surface area contributed by atoms with Crippen LogP contribution in [0.1, 0.15) is 11.1 Å². The van der Waals surface area contributed by atoms with E-state index in [1.165, 1.54) is 0 Å². The second-order valence-electron chi connectivity index (χ2n) is 4.86. The molecule has 5 heteroatoms. The van der Waals surface area contributed by atoms with Crippen molar-refractivity contribution in [3.8, 4) is 17.9 Å². The van der Waals surface area contributed by atoms with Gasteiger partial charge in [-0.3, -0.25) is 9.80 Å². The van der Waals surface area contributed by atoms with Crippen molar-refractivity contribution in [2.75, 3.05) is 39.8 Å². The third-order valence-corrected chi connectivity index (χ3v) is 3.55. The molecule has 0 saturated carbocycles. The van der Waals surface area contributed by atoms with Gasteiger partial charge in [0.2, 0.25) is 0 Å². The van der Waals surface area contributed by atoms with Crippen molar-refractivity contribution < 1.29 is 4.74 Å². The largest absolute Gasteiger partial charge is 0.495 e. The van der Waals surface area contributed by atoms with E-state index in [9.17, 15) is 0 Å². The van der Waals surface area contributed by atoms with E-state index in [2.05, 4.69) is 21.9 Å². The fourth-order valence-electron chi connectivity index (χ4n) is 2.39. The minimum Gasteiger partial charge on any atom is -0.495 e. The van der Waals surface area contributed by atoms with Crippen molar-refractivity contribution in [3.05, 3.63) is 29.3 Å². The minimum atomic E-state index is 0.512. The third kappa shape index (κ3) is 3.48. The van der Waals surface area contributed by atoms with Crippen molar-refractivity contribution in [2.24, 2.45) is 0 Å². The molecule has 1 fully saturated rings. The zero-order chi connectivity index (χ0) is 14.4. The molecule has 0 radical (unpaired) electrons. The number of nitriles is 2. The topological polar surface area (TPSA) is 63.3 Å². The highest BCUT2D eigenvalue weighted by Crippen LogP contribution is 2.20. The molecule has 0 aliphatic carbocycles. The maximum atomic E-state index is 8.97. The fourth-order valence-corrected chi connectivity index (χ4v) is 2.39. The van der Waals surface area contributed by atoms with Crippen molar-refractivity contribution in [2.45, 2.75) is 6.54 Å². The Hall–Kier alpha value is -2.08. The molecule has 1 aliphatic rings. The monoisotopic (exact) mass is 270 g/mol. The van der Waals surface area contributed by atoms with Crippen LogP contribution in [0.15, 0.2) is 18.2 Å². The summed E-state index contributed by atoms with van der Waals surface area (Å²) in [4.78, 5) is 4.52. The Morgan fingerprint density at radius 2 is 1.85 bits per heavy atom. The van der Waals surface area contributed by atoms with Gasteiger partial charge in [-0.25, -0.2) is 0 Å². The first-order valence-corrected chi connectivity index (χ1v) is 6.65. The van der Waals surface area contributed by atoms with E-state index in [0.717, 1.165) is 38.3 Å². The molecule has 0 bridgehead atoms. The number of nitrogens with zero attached hydrogens (tertiary/aromatic N) is 4. The maximum absolute atomic E-state index is 8.97. The highest BCUT2D eigenvalue weighted by molar-refractivity contribution is 5.45. The lowest BCUT2D eigenvalue weighted by atomic mass is 10.1. The predicted octanol–water partition coefficient (Wildman–Crippen LogP) is 1.21. The highest BCUT2D eigenvalue weighted by atomic mass is 16.5. The van der Waals surface area contributed by atoms with E-state index in [1.807, 2.05) is 12.1 Å². The SMILES string of the molecule is COc1cc(CN2CCN(CC#N)CC2)ccc1C#N. The summed E-state index contributed by atoms with van der Waals surface area (Å²) in [5, 5.41) is 17.7. The van der Waals surface area contributed by atoms with Gasteiger partial charge in [0.25, 0.3) is 0 Å². The number of methoxy groups -OCH3 is 1. The molecular formula is C15H18N4O. The first-order chi connectivity index (χ1) is 9.76. The van der Waals surface area contributed by atoms with Crippen LogP contribution in [0.3, 0.4) is 0 Å². The Kier molecular flexibility index (Phi) is 4.95. The Bertz CT molecular complexity index is 536. The number of ether oxygens (including phenoxy) is 1. The molecule has 0 N–H and O–H groups in total. The summed E-state index contributed by atoms with van der Waals surface area (Å²) in [6, 6.07) is 10.0. The van der Waals surface area contributed by atoms with E-state index < -0.39 is 0 Å². The molecular weight excluding hydrogens is 252 g/mol. The van der Waals surface area contributed by atoms with Gasteiger partial charge < -0.3 is 4.74 Å². The molecule has 1 heterocycles. The van der Waals surface area contributed by atoms with Crippen LogP contribution in [-0.2, 0) is 6.54 Å². The van der Waals surface area contributed by atoms with Crippen LogP contribution in [0.5, 0.6) is 5.75 Å². The lowest BCUT2D eigenvalue weighted by Crippen LogP contribution is -2.45. The van der Waals surface area contributed by atoms with Gasteiger partial charge in [0.15, 0.2) is 0 Å². The summed E-state index contributed by atoms with van der Waals surface area (Å²) in [6.07, 6.45) is 0. The number of hydrogen-bond donors (Lipinski definition) is 0. The first kappa shape index (κ1) is 14.3. The second kappa shape index (κ2) is 6.91. The Balaban J connectivity index is 1.95. The standard InChI is InChI=1S/C15H18N4O/c1-20-15-10-13(2-3-14(15)11-17)12-19-8-6-18(5-4-16)7-9-19/h2-3,10H,5-9,12H2,1H3. The molecule has 0 atom stereocenters. The lowest BCUT2D eigenvalue weighted by molar-refractivity contribution is 0.138. The van der Waals surface area contributed by atoms with Crippen LogP contribution in [0.4, 0.5) is 0 Å². The summed E-state index contributed by atoms with van der Waals surface area (Å²) in [5.74, 6) is 0.633. The summed E-state index contributed by atoms with van der Waals surface area (Å²) in [5.41, 5.74) is 1.71. The Morgan fingerprint density at radius 1 is 1.15 bits per heavy atom. The predicted molar refractivity (Wildman–Crippen MR) is 75.0 cm³/mol. The number of hydrogen-bond acceptors (Lipinski definition) is 5. The van der Waals surface area contributed by atoms with Crippen LogP contribution >= 0.6 is 0 Å². The maximum Gasteiger partial charge on any atom is 0.136 e. The van der Waals surface area contributed by atoms with Gasteiger partial charge in [-0.05, 0) is 17.7 Å². The first-order valence-electron chi connectivity index (χ1n) is 6.65. The van der Waals surface area contributed by atoms with Crippen molar-refractivity contribution in [1.29, 1.82) is 10.5 Å². The smallest absolute Gasteiger partial charge is 0.136 e. The van der Waals surface area contributed by atoms with Crippen molar-refractivity contribution >= 4 is 0 Å². The van der Waals surface area contributed by atoms with Gasteiger partial charge in [-0.15, -0.1) is 0 Å². The zero-order valence-electron chi connectivity index (χ0n) is 11.7. The molecule has 20 heavy (non-hydrogen) atoms. The Labute approximate surface area is 119 Å². The van der Waals surface area contributed by atoms with Gasteiger partial charge >= 0.3 is 0 Å². The van der Waals surface area contributed by atoms with Crippen molar-refractivity contribution in [3.63, 3.8) is 0 Å². The van der Waals surface area contributed by atoms with Crippen LogP contribution < -0.4 is 4.74 Å². The van der Waals surface area contributed by atoms with Gasteiger partial charge in [-0.1, -0.05) is 6.07 Å². The van der Waals surface area contributed by atoms with E-state index in [4.69, 9.17) is 15.3 Å². The van der Waals surface area contributed by atoms with E-state index in [-0.39, 0.29) is 0 Å². The molecule has 2 rings (SSSR count). The van der Waals surface area contributed by atoms with Gasteiger partial charge in [0, 0.05) is 32.7 Å². The zero-order valence-corrected chi connectivity index (χ0v) is 11.7. The van der Waals surface area contributed by atoms with Gasteiger partial charge in [0.05, 0.1) is 25.3 Å². The molecule has 0 aromatic heterocycles. The molecule has 0 spiro atoms. The van der Waals surface area contributed by atoms with E-state index in [1.54, 1.807) is 13.2 Å².